The first-order valence-corrected chi connectivity index (χ1v) is 8.18. The molecule has 0 saturated heterocycles. The summed E-state index contributed by atoms with van der Waals surface area (Å²) in [5, 5.41) is 11.7. The minimum Gasteiger partial charge on any atom is -0.298 e. The molecule has 4 nitrogen and oxygen atoms in total. The van der Waals surface area contributed by atoms with Gasteiger partial charge in [0.25, 0.3) is 5.91 Å². The molecule has 3 rings (SSSR count). The van der Waals surface area contributed by atoms with E-state index in [2.05, 4.69) is 10.3 Å². The molecule has 26 heavy (non-hydrogen) atoms. The molecule has 1 aromatic heterocycles. The summed E-state index contributed by atoms with van der Waals surface area (Å²) >= 11 is 1.09. The maximum atomic E-state index is 13.7. The third-order valence-corrected chi connectivity index (χ3v) is 4.42. The fraction of sp³-hybridized carbons (Fsp3) is 0.0556. The van der Waals surface area contributed by atoms with Crippen LogP contribution in [0.4, 0.5) is 18.3 Å². The number of hydrogen-bond donors (Lipinski definition) is 1. The number of carbonyl (C=O) groups excluding carboxylic acids is 1. The van der Waals surface area contributed by atoms with Crippen molar-refractivity contribution >= 4 is 22.4 Å². The van der Waals surface area contributed by atoms with Crippen molar-refractivity contribution in [3.05, 3.63) is 81.6 Å². The lowest BCUT2D eigenvalue weighted by Crippen LogP contribution is -2.11. The molecule has 0 unspecified atom stereocenters. The van der Waals surface area contributed by atoms with Crippen molar-refractivity contribution in [1.82, 2.24) is 4.98 Å². The topological polar surface area (TPSA) is 65.8 Å². The lowest BCUT2D eigenvalue weighted by Gasteiger charge is -2.03. The van der Waals surface area contributed by atoms with Crippen LogP contribution in [0, 0.1) is 28.8 Å². The summed E-state index contributed by atoms with van der Waals surface area (Å²) in [6.07, 6.45) is 1.44. The average molecular weight is 373 g/mol. The number of benzene rings is 2. The molecular weight excluding hydrogens is 363 g/mol. The SMILES string of the molecule is N#Cc1cccc(C(=O)Nc2ncc(Cc3ccc(F)c(F)c3F)s2)c1. The Balaban J connectivity index is 1.73. The van der Waals surface area contributed by atoms with E-state index < -0.39 is 23.4 Å². The summed E-state index contributed by atoms with van der Waals surface area (Å²) in [5.41, 5.74) is 0.644. The molecule has 0 aliphatic heterocycles. The van der Waals surface area contributed by atoms with Crippen LogP contribution in [-0.4, -0.2) is 10.9 Å². The van der Waals surface area contributed by atoms with Crippen molar-refractivity contribution < 1.29 is 18.0 Å². The van der Waals surface area contributed by atoms with Crippen molar-refractivity contribution in [2.45, 2.75) is 6.42 Å². The van der Waals surface area contributed by atoms with E-state index in [4.69, 9.17) is 5.26 Å². The quantitative estimate of drug-likeness (QED) is 0.695. The van der Waals surface area contributed by atoms with Gasteiger partial charge in [-0.25, -0.2) is 18.2 Å². The molecule has 1 heterocycles. The molecule has 0 saturated carbocycles. The third-order valence-electron chi connectivity index (χ3n) is 3.51. The minimum absolute atomic E-state index is 0.00727. The van der Waals surface area contributed by atoms with Gasteiger partial charge in [-0.15, -0.1) is 11.3 Å². The van der Waals surface area contributed by atoms with Crippen LogP contribution >= 0.6 is 11.3 Å². The smallest absolute Gasteiger partial charge is 0.257 e. The highest BCUT2D eigenvalue weighted by atomic mass is 32.1. The Kier molecular flexibility index (Phi) is 5.00. The second kappa shape index (κ2) is 7.37. The molecule has 0 aliphatic carbocycles. The van der Waals surface area contributed by atoms with Crippen molar-refractivity contribution in [3.8, 4) is 6.07 Å². The highest BCUT2D eigenvalue weighted by Gasteiger charge is 2.15. The summed E-state index contributed by atoms with van der Waals surface area (Å²) < 4.78 is 40.0. The second-order valence-electron chi connectivity index (χ2n) is 5.29. The lowest BCUT2D eigenvalue weighted by molar-refractivity contribution is 0.102. The van der Waals surface area contributed by atoms with Crippen molar-refractivity contribution in [2.24, 2.45) is 0 Å². The fourth-order valence-electron chi connectivity index (χ4n) is 2.24. The molecule has 0 fully saturated rings. The zero-order valence-electron chi connectivity index (χ0n) is 13.1. The monoisotopic (exact) mass is 373 g/mol. The van der Waals surface area contributed by atoms with E-state index in [-0.39, 0.29) is 17.1 Å². The highest BCUT2D eigenvalue weighted by molar-refractivity contribution is 7.15. The Morgan fingerprint density at radius 3 is 2.77 bits per heavy atom. The molecular formula is C18H10F3N3OS. The molecule has 130 valence electrons. The molecule has 0 radical (unpaired) electrons. The number of nitrogens with one attached hydrogen (secondary N) is 1. The molecule has 0 atom stereocenters. The third kappa shape index (κ3) is 3.73. The van der Waals surface area contributed by atoms with Gasteiger partial charge in [0.05, 0.1) is 11.6 Å². The number of halogens is 3. The standard InChI is InChI=1S/C18H10F3N3OS/c19-14-5-4-11(15(20)16(14)21)7-13-9-23-18(26-13)24-17(25)12-3-1-2-10(6-12)8-22/h1-6,9H,7H2,(H,23,24,25). The number of rotatable bonds is 4. The van der Waals surface area contributed by atoms with E-state index in [1.54, 1.807) is 18.2 Å². The molecule has 0 spiro atoms. The first-order valence-electron chi connectivity index (χ1n) is 7.36. The molecule has 1 N–H and O–H groups in total. The normalized spacial score (nSPS) is 10.4. The van der Waals surface area contributed by atoms with E-state index in [0.717, 1.165) is 17.4 Å². The summed E-state index contributed by atoms with van der Waals surface area (Å²) in [4.78, 5) is 16.8. The van der Waals surface area contributed by atoms with E-state index in [0.29, 0.717) is 16.0 Å². The summed E-state index contributed by atoms with van der Waals surface area (Å²) in [7, 11) is 0. The zero-order chi connectivity index (χ0) is 18.7. The maximum absolute atomic E-state index is 13.7. The molecule has 8 heteroatoms. The van der Waals surface area contributed by atoms with Crippen LogP contribution in [0.5, 0.6) is 0 Å². The number of aromatic nitrogens is 1. The molecule has 1 amide bonds. The van der Waals surface area contributed by atoms with E-state index in [1.807, 2.05) is 6.07 Å². The second-order valence-corrected chi connectivity index (χ2v) is 6.40. The van der Waals surface area contributed by atoms with Crippen LogP contribution in [0.3, 0.4) is 0 Å². The van der Waals surface area contributed by atoms with Gasteiger partial charge in [0.15, 0.2) is 22.6 Å². The summed E-state index contributed by atoms with van der Waals surface area (Å²) in [5.74, 6) is -4.44. The van der Waals surface area contributed by atoms with Crippen molar-refractivity contribution in [1.29, 1.82) is 5.26 Å². The van der Waals surface area contributed by atoms with Crippen molar-refractivity contribution in [2.75, 3.05) is 5.32 Å². The molecule has 0 aliphatic rings. The predicted molar refractivity (Wildman–Crippen MR) is 90.3 cm³/mol. The van der Waals surface area contributed by atoms with Crippen molar-refractivity contribution in [3.63, 3.8) is 0 Å². The van der Waals surface area contributed by atoms with Gasteiger partial charge in [-0.05, 0) is 29.8 Å². The summed E-state index contributed by atoms with van der Waals surface area (Å²) in [6, 6.07) is 10.1. The fourth-order valence-corrected chi connectivity index (χ4v) is 3.07. The van der Waals surface area contributed by atoms with E-state index in [9.17, 15) is 18.0 Å². The van der Waals surface area contributed by atoms with E-state index in [1.165, 1.54) is 18.3 Å². The number of hydrogen-bond acceptors (Lipinski definition) is 4. The Hall–Kier alpha value is -3.18. The number of nitriles is 1. The van der Waals surface area contributed by atoms with Gasteiger partial charge in [-0.3, -0.25) is 10.1 Å². The number of thiazole rings is 1. The summed E-state index contributed by atoms with van der Waals surface area (Å²) in [6.45, 7) is 0. The van der Waals surface area contributed by atoms with Gasteiger partial charge in [-0.1, -0.05) is 12.1 Å². The molecule has 0 bridgehead atoms. The van der Waals surface area contributed by atoms with Crippen LogP contribution in [0.15, 0.2) is 42.6 Å². The number of nitrogens with zero attached hydrogens (tertiary/aromatic N) is 2. The van der Waals surface area contributed by atoms with Crippen LogP contribution in [-0.2, 0) is 6.42 Å². The molecule has 2 aromatic carbocycles. The number of carbonyl (C=O) groups is 1. The largest absolute Gasteiger partial charge is 0.298 e. The number of amides is 1. The Bertz CT molecular complexity index is 1030. The van der Waals surface area contributed by atoms with Gasteiger partial charge in [-0.2, -0.15) is 5.26 Å². The predicted octanol–water partition coefficient (Wildman–Crippen LogP) is 4.28. The van der Waals surface area contributed by atoms with Gasteiger partial charge in [0.2, 0.25) is 0 Å². The zero-order valence-corrected chi connectivity index (χ0v) is 13.9. The highest BCUT2D eigenvalue weighted by Crippen LogP contribution is 2.24. The van der Waals surface area contributed by atoms with Crippen LogP contribution in [0.25, 0.3) is 0 Å². The minimum atomic E-state index is -1.52. The Morgan fingerprint density at radius 2 is 2.00 bits per heavy atom. The lowest BCUT2D eigenvalue weighted by atomic mass is 10.1. The van der Waals surface area contributed by atoms with Gasteiger partial charge in [0, 0.05) is 23.1 Å². The van der Waals surface area contributed by atoms with Crippen LogP contribution < -0.4 is 5.32 Å². The Labute approximate surface area is 150 Å². The van der Waals surface area contributed by atoms with Crippen LogP contribution in [0.1, 0.15) is 26.4 Å². The average Bonchev–Trinajstić information content (AvgIpc) is 3.09. The first-order chi connectivity index (χ1) is 12.5. The van der Waals surface area contributed by atoms with Gasteiger partial charge >= 0.3 is 0 Å². The molecule has 3 aromatic rings. The Morgan fingerprint density at radius 1 is 1.19 bits per heavy atom. The van der Waals surface area contributed by atoms with E-state index >= 15 is 0 Å². The van der Waals surface area contributed by atoms with Gasteiger partial charge in [0.1, 0.15) is 0 Å². The first kappa shape index (κ1) is 17.6. The van der Waals surface area contributed by atoms with Crippen LogP contribution in [0.2, 0.25) is 0 Å². The number of anilines is 1. The van der Waals surface area contributed by atoms with Gasteiger partial charge < -0.3 is 0 Å². The maximum Gasteiger partial charge on any atom is 0.257 e.